The molecule has 0 fully saturated rings. The van der Waals surface area contributed by atoms with Gasteiger partial charge in [-0.25, -0.2) is 4.99 Å². The lowest BCUT2D eigenvalue weighted by Gasteiger charge is -2.06. The monoisotopic (exact) mass is 277 g/mol. The lowest BCUT2D eigenvalue weighted by Crippen LogP contribution is -2.22. The second kappa shape index (κ2) is 4.53. The Morgan fingerprint density at radius 3 is 2.50 bits per heavy atom. The van der Waals surface area contributed by atoms with Gasteiger partial charge in [0.25, 0.3) is 0 Å². The first-order valence-electron chi connectivity index (χ1n) is 4.90. The first-order valence-corrected chi connectivity index (χ1v) is 5.69. The summed E-state index contributed by atoms with van der Waals surface area (Å²) in [4.78, 5) is 4.04. The number of guanidine groups is 1. The summed E-state index contributed by atoms with van der Waals surface area (Å²) in [7, 11) is 0. The van der Waals surface area contributed by atoms with Gasteiger partial charge in [-0.15, -0.1) is 0 Å². The summed E-state index contributed by atoms with van der Waals surface area (Å²) in [6, 6.07) is 12.2. The van der Waals surface area contributed by atoms with Crippen molar-refractivity contribution in [2.45, 2.75) is 6.54 Å². The third-order valence-electron chi connectivity index (χ3n) is 2.37. The standard InChI is InChI=1S/C12H12BrN3/c13-10-6-2-4-8-3-1-5-9(11(8)10)7-16-12(14)15/h1-6H,7H2,(H4,14,15,16). The minimum Gasteiger partial charge on any atom is -0.370 e. The zero-order chi connectivity index (χ0) is 11.5. The van der Waals surface area contributed by atoms with Crippen LogP contribution in [0.15, 0.2) is 45.9 Å². The molecule has 4 heteroatoms. The van der Waals surface area contributed by atoms with E-state index in [0.29, 0.717) is 6.54 Å². The van der Waals surface area contributed by atoms with Gasteiger partial charge in [-0.05, 0) is 17.0 Å². The Bertz CT molecular complexity index is 540. The van der Waals surface area contributed by atoms with Crippen molar-refractivity contribution in [1.29, 1.82) is 0 Å². The lowest BCUT2D eigenvalue weighted by molar-refractivity contribution is 1.07. The Morgan fingerprint density at radius 2 is 1.81 bits per heavy atom. The summed E-state index contributed by atoms with van der Waals surface area (Å²) in [6.45, 7) is 0.502. The largest absolute Gasteiger partial charge is 0.370 e. The summed E-state index contributed by atoms with van der Waals surface area (Å²) in [5.41, 5.74) is 11.8. The number of benzene rings is 2. The van der Waals surface area contributed by atoms with Gasteiger partial charge in [0.1, 0.15) is 0 Å². The van der Waals surface area contributed by atoms with Crippen LogP contribution in [0.2, 0.25) is 0 Å². The number of rotatable bonds is 2. The number of nitrogens with zero attached hydrogens (tertiary/aromatic N) is 1. The van der Waals surface area contributed by atoms with Crippen LogP contribution in [-0.2, 0) is 6.54 Å². The Labute approximate surface area is 102 Å². The summed E-state index contributed by atoms with van der Waals surface area (Å²) < 4.78 is 1.06. The molecule has 0 atom stereocenters. The van der Waals surface area contributed by atoms with Crippen LogP contribution >= 0.6 is 15.9 Å². The van der Waals surface area contributed by atoms with Gasteiger partial charge in [-0.3, -0.25) is 0 Å². The maximum absolute atomic E-state index is 5.34. The average Bonchev–Trinajstić information content (AvgIpc) is 2.26. The van der Waals surface area contributed by atoms with Crippen LogP contribution in [0.5, 0.6) is 0 Å². The molecule has 3 nitrogen and oxygen atoms in total. The van der Waals surface area contributed by atoms with E-state index in [1.165, 1.54) is 5.39 Å². The number of aliphatic imine (C=N–C) groups is 1. The van der Waals surface area contributed by atoms with E-state index in [1.54, 1.807) is 0 Å². The van der Waals surface area contributed by atoms with Crippen LogP contribution in [0.1, 0.15) is 5.56 Å². The van der Waals surface area contributed by atoms with Gasteiger partial charge in [0.2, 0.25) is 0 Å². The molecule has 0 amide bonds. The second-order valence-electron chi connectivity index (χ2n) is 3.50. The molecule has 0 aromatic heterocycles. The number of fused-ring (bicyclic) bond motifs is 1. The van der Waals surface area contributed by atoms with E-state index in [1.807, 2.05) is 24.3 Å². The molecule has 2 aromatic rings. The van der Waals surface area contributed by atoms with Crippen molar-refractivity contribution in [1.82, 2.24) is 0 Å². The van der Waals surface area contributed by atoms with Gasteiger partial charge < -0.3 is 11.5 Å². The van der Waals surface area contributed by atoms with E-state index in [9.17, 15) is 0 Å². The summed E-state index contributed by atoms with van der Waals surface area (Å²) in [5.74, 6) is 0.115. The molecule has 2 rings (SSSR count). The lowest BCUT2D eigenvalue weighted by atomic mass is 10.0. The molecule has 0 radical (unpaired) electrons. The third kappa shape index (κ3) is 2.17. The summed E-state index contributed by atoms with van der Waals surface area (Å²) in [5, 5.41) is 2.34. The highest BCUT2D eigenvalue weighted by atomic mass is 79.9. The van der Waals surface area contributed by atoms with E-state index in [2.05, 4.69) is 33.1 Å². The van der Waals surface area contributed by atoms with Crippen LogP contribution in [0.4, 0.5) is 0 Å². The fourth-order valence-corrected chi connectivity index (χ4v) is 2.31. The van der Waals surface area contributed by atoms with Crippen molar-refractivity contribution in [2.24, 2.45) is 16.5 Å². The molecule has 0 spiro atoms. The summed E-state index contributed by atoms with van der Waals surface area (Å²) in [6.07, 6.45) is 0. The fourth-order valence-electron chi connectivity index (χ4n) is 1.68. The predicted octanol–water partition coefficient (Wildman–Crippen LogP) is 2.38. The van der Waals surface area contributed by atoms with Crippen LogP contribution in [0.25, 0.3) is 10.8 Å². The maximum atomic E-state index is 5.34. The molecule has 4 N–H and O–H groups in total. The van der Waals surface area contributed by atoms with E-state index in [4.69, 9.17) is 11.5 Å². The van der Waals surface area contributed by atoms with Gasteiger partial charge in [0, 0.05) is 9.86 Å². The number of hydrogen-bond acceptors (Lipinski definition) is 1. The molecule has 0 unspecified atom stereocenters. The van der Waals surface area contributed by atoms with Gasteiger partial charge in [0.05, 0.1) is 6.54 Å². The number of halogens is 1. The zero-order valence-corrected chi connectivity index (χ0v) is 10.2. The van der Waals surface area contributed by atoms with Crippen LogP contribution < -0.4 is 11.5 Å². The van der Waals surface area contributed by atoms with E-state index < -0.39 is 0 Å². The molecular formula is C12H12BrN3. The quantitative estimate of drug-likeness (QED) is 0.654. The molecule has 0 saturated carbocycles. The highest BCUT2D eigenvalue weighted by molar-refractivity contribution is 9.10. The molecule has 16 heavy (non-hydrogen) atoms. The van der Waals surface area contributed by atoms with E-state index in [0.717, 1.165) is 15.4 Å². The maximum Gasteiger partial charge on any atom is 0.186 e. The Kier molecular flexibility index (Phi) is 3.10. The van der Waals surface area contributed by atoms with Crippen molar-refractivity contribution in [3.05, 3.63) is 46.4 Å². The van der Waals surface area contributed by atoms with Gasteiger partial charge in [0.15, 0.2) is 5.96 Å². The van der Waals surface area contributed by atoms with Crippen LogP contribution in [0.3, 0.4) is 0 Å². The topological polar surface area (TPSA) is 64.4 Å². The van der Waals surface area contributed by atoms with Crippen molar-refractivity contribution in [3.8, 4) is 0 Å². The number of hydrogen-bond donors (Lipinski definition) is 2. The Balaban J connectivity index is 2.57. The van der Waals surface area contributed by atoms with E-state index >= 15 is 0 Å². The second-order valence-corrected chi connectivity index (χ2v) is 4.35. The average molecular weight is 278 g/mol. The van der Waals surface area contributed by atoms with Crippen molar-refractivity contribution < 1.29 is 0 Å². The Morgan fingerprint density at radius 1 is 1.12 bits per heavy atom. The molecule has 0 aliphatic heterocycles. The minimum atomic E-state index is 0.115. The van der Waals surface area contributed by atoms with Crippen LogP contribution in [-0.4, -0.2) is 5.96 Å². The minimum absolute atomic E-state index is 0.115. The zero-order valence-electron chi connectivity index (χ0n) is 8.65. The van der Waals surface area contributed by atoms with Gasteiger partial charge in [-0.2, -0.15) is 0 Å². The van der Waals surface area contributed by atoms with Crippen molar-refractivity contribution in [3.63, 3.8) is 0 Å². The molecule has 0 aliphatic rings. The SMILES string of the molecule is NC(N)=NCc1cccc2cccc(Br)c12. The molecule has 0 aliphatic carbocycles. The fraction of sp³-hybridized carbons (Fsp3) is 0.0833. The first kappa shape index (κ1) is 11.0. The summed E-state index contributed by atoms with van der Waals surface area (Å²) >= 11 is 3.54. The molecule has 0 saturated heterocycles. The van der Waals surface area contributed by atoms with E-state index in [-0.39, 0.29) is 5.96 Å². The highest BCUT2D eigenvalue weighted by Crippen LogP contribution is 2.27. The molecule has 2 aromatic carbocycles. The highest BCUT2D eigenvalue weighted by Gasteiger charge is 2.03. The molecule has 0 heterocycles. The third-order valence-corrected chi connectivity index (χ3v) is 3.03. The first-order chi connectivity index (χ1) is 7.68. The smallest absolute Gasteiger partial charge is 0.186 e. The van der Waals surface area contributed by atoms with Crippen LogP contribution in [0, 0.1) is 0 Å². The van der Waals surface area contributed by atoms with Crippen molar-refractivity contribution in [2.75, 3.05) is 0 Å². The van der Waals surface area contributed by atoms with Gasteiger partial charge in [-0.1, -0.05) is 46.3 Å². The number of nitrogens with two attached hydrogens (primary N) is 2. The molecular weight excluding hydrogens is 266 g/mol. The Hall–Kier alpha value is -1.55. The molecule has 82 valence electrons. The van der Waals surface area contributed by atoms with Crippen molar-refractivity contribution >= 4 is 32.7 Å². The normalized spacial score (nSPS) is 10.3. The van der Waals surface area contributed by atoms with Gasteiger partial charge >= 0.3 is 0 Å². The predicted molar refractivity (Wildman–Crippen MR) is 71.2 cm³/mol. The molecule has 0 bridgehead atoms.